The summed E-state index contributed by atoms with van der Waals surface area (Å²) in [5.41, 5.74) is 0.0244. The lowest BCUT2D eigenvalue weighted by molar-refractivity contribution is -0.139. The lowest BCUT2D eigenvalue weighted by Gasteiger charge is -2.38. The molecule has 1 fully saturated rings. The van der Waals surface area contributed by atoms with Gasteiger partial charge in [-0.1, -0.05) is 6.07 Å². The second kappa shape index (κ2) is 9.03. The molecular weight excluding hydrogens is 378 g/mol. The minimum absolute atomic E-state index is 0.0619. The quantitative estimate of drug-likeness (QED) is 0.807. The number of nitrogens with one attached hydrogen (secondary N) is 1. The zero-order chi connectivity index (χ0) is 21.0. The maximum Gasteiger partial charge on any atom is 0.260 e. The monoisotopic (exact) mass is 402 g/mol. The van der Waals surface area contributed by atoms with Crippen molar-refractivity contribution in [2.75, 3.05) is 11.9 Å². The van der Waals surface area contributed by atoms with E-state index in [1.54, 1.807) is 12.1 Å². The molecule has 1 aliphatic rings. The molecule has 7 heteroatoms. The Kier molecular flexibility index (Phi) is 6.46. The summed E-state index contributed by atoms with van der Waals surface area (Å²) in [6.07, 6.45) is 3.10. The largest absolute Gasteiger partial charge is 0.484 e. The van der Waals surface area contributed by atoms with Gasteiger partial charge in [0.05, 0.1) is 5.69 Å². The predicted octanol–water partition coefficient (Wildman–Crippen LogP) is 4.39. The van der Waals surface area contributed by atoms with E-state index in [4.69, 9.17) is 4.74 Å². The van der Waals surface area contributed by atoms with Gasteiger partial charge in [-0.3, -0.25) is 9.59 Å². The number of halogens is 2. The maximum atomic E-state index is 13.7. The van der Waals surface area contributed by atoms with Gasteiger partial charge in [-0.2, -0.15) is 0 Å². The van der Waals surface area contributed by atoms with Crippen molar-refractivity contribution in [1.82, 2.24) is 4.90 Å². The highest BCUT2D eigenvalue weighted by Crippen LogP contribution is 2.23. The molecule has 0 radical (unpaired) electrons. The van der Waals surface area contributed by atoms with E-state index in [0.29, 0.717) is 5.75 Å². The molecule has 2 atom stereocenters. The molecule has 5 nitrogen and oxygen atoms in total. The number of likely N-dealkylation sites (tertiary alicyclic amines) is 1. The van der Waals surface area contributed by atoms with Crippen LogP contribution in [0.5, 0.6) is 5.75 Å². The summed E-state index contributed by atoms with van der Waals surface area (Å²) in [5, 5.41) is 2.33. The Morgan fingerprint density at radius 2 is 1.72 bits per heavy atom. The maximum absolute atomic E-state index is 13.7. The van der Waals surface area contributed by atoms with Gasteiger partial charge in [-0.25, -0.2) is 8.78 Å². The number of piperidine rings is 1. The number of amides is 2. The van der Waals surface area contributed by atoms with E-state index in [1.165, 1.54) is 24.3 Å². The minimum Gasteiger partial charge on any atom is -0.484 e. The Hall–Kier alpha value is -2.96. The summed E-state index contributed by atoms with van der Waals surface area (Å²) in [4.78, 5) is 26.6. The molecule has 154 valence electrons. The fourth-order valence-electron chi connectivity index (χ4n) is 3.63. The lowest BCUT2D eigenvalue weighted by Crippen LogP contribution is -2.49. The summed E-state index contributed by atoms with van der Waals surface area (Å²) in [6.45, 7) is 4.01. The molecule has 0 aliphatic carbocycles. The van der Waals surface area contributed by atoms with Gasteiger partial charge < -0.3 is 15.0 Å². The fraction of sp³-hybridized carbons (Fsp3) is 0.364. The van der Waals surface area contributed by atoms with Crippen LogP contribution in [0.2, 0.25) is 0 Å². The van der Waals surface area contributed by atoms with Gasteiger partial charge in [0.25, 0.3) is 11.8 Å². The fourth-order valence-corrected chi connectivity index (χ4v) is 3.63. The van der Waals surface area contributed by atoms with Crippen LogP contribution < -0.4 is 10.1 Å². The number of ether oxygens (including phenoxy) is 1. The number of hydrogen-bond acceptors (Lipinski definition) is 3. The lowest BCUT2D eigenvalue weighted by atomic mass is 9.97. The third-order valence-corrected chi connectivity index (χ3v) is 5.16. The van der Waals surface area contributed by atoms with Crippen molar-refractivity contribution in [1.29, 1.82) is 0 Å². The van der Waals surface area contributed by atoms with Crippen molar-refractivity contribution in [3.05, 3.63) is 59.7 Å². The summed E-state index contributed by atoms with van der Waals surface area (Å²) in [6, 6.07) is 10.1. The van der Waals surface area contributed by atoms with Crippen molar-refractivity contribution in [2.45, 2.75) is 45.2 Å². The average Bonchev–Trinajstić information content (AvgIpc) is 2.70. The highest BCUT2D eigenvalue weighted by molar-refractivity contribution is 6.04. The molecule has 29 heavy (non-hydrogen) atoms. The van der Waals surface area contributed by atoms with Crippen LogP contribution in [0.25, 0.3) is 0 Å². The van der Waals surface area contributed by atoms with E-state index < -0.39 is 17.5 Å². The van der Waals surface area contributed by atoms with Crippen LogP contribution in [0.3, 0.4) is 0 Å². The van der Waals surface area contributed by atoms with E-state index in [9.17, 15) is 18.4 Å². The number of hydrogen-bond donors (Lipinski definition) is 1. The van der Waals surface area contributed by atoms with E-state index in [2.05, 4.69) is 5.32 Å². The molecule has 2 aromatic carbocycles. The Morgan fingerprint density at radius 1 is 1.07 bits per heavy atom. The zero-order valence-corrected chi connectivity index (χ0v) is 16.5. The average molecular weight is 402 g/mol. The van der Waals surface area contributed by atoms with Gasteiger partial charge in [0.1, 0.15) is 5.75 Å². The van der Waals surface area contributed by atoms with Gasteiger partial charge >= 0.3 is 0 Å². The van der Waals surface area contributed by atoms with Crippen LogP contribution in [-0.4, -0.2) is 35.4 Å². The van der Waals surface area contributed by atoms with Crippen LogP contribution in [-0.2, 0) is 4.79 Å². The molecule has 2 aromatic rings. The first kappa shape index (κ1) is 20.8. The van der Waals surface area contributed by atoms with Crippen LogP contribution >= 0.6 is 0 Å². The number of anilines is 1. The first-order chi connectivity index (χ1) is 13.9. The highest BCUT2D eigenvalue weighted by atomic mass is 19.2. The number of carbonyl (C=O) groups is 2. The van der Waals surface area contributed by atoms with Gasteiger partial charge in [0.2, 0.25) is 0 Å². The molecular formula is C22H24F2N2O3. The topological polar surface area (TPSA) is 58.6 Å². The molecule has 0 spiro atoms. The van der Waals surface area contributed by atoms with Gasteiger partial charge in [-0.15, -0.1) is 0 Å². The molecule has 1 aliphatic heterocycles. The molecule has 1 N–H and O–H groups in total. The number of benzene rings is 2. The zero-order valence-electron chi connectivity index (χ0n) is 16.5. The van der Waals surface area contributed by atoms with Crippen molar-refractivity contribution in [3.8, 4) is 5.75 Å². The van der Waals surface area contributed by atoms with Crippen LogP contribution in [0, 0.1) is 11.6 Å². The molecule has 0 aromatic heterocycles. The smallest absolute Gasteiger partial charge is 0.260 e. The Bertz CT molecular complexity index is 876. The minimum atomic E-state index is -1.11. The standard InChI is InChI=1S/C22H24F2N2O3/c1-14-5-3-6-15(2)26(14)20(27)13-29-17-11-9-16(10-12-17)22(28)25-19-8-4-7-18(23)21(19)24/h4,7-12,14-15H,3,5-6,13H2,1-2H3,(H,25,28). The van der Waals surface area contributed by atoms with Gasteiger partial charge in [-0.05, 0) is 69.5 Å². The summed E-state index contributed by atoms with van der Waals surface area (Å²) in [5.74, 6) is -2.33. The number of carbonyl (C=O) groups excluding carboxylic acids is 2. The van der Waals surface area contributed by atoms with Gasteiger partial charge in [0, 0.05) is 17.6 Å². The number of nitrogens with zero attached hydrogens (tertiary/aromatic N) is 1. The predicted molar refractivity (Wildman–Crippen MR) is 106 cm³/mol. The number of rotatable bonds is 5. The van der Waals surface area contributed by atoms with Crippen LogP contribution in [0.15, 0.2) is 42.5 Å². The Labute approximate surface area is 168 Å². The van der Waals surface area contributed by atoms with Gasteiger partial charge in [0.15, 0.2) is 18.2 Å². The molecule has 2 amide bonds. The molecule has 0 bridgehead atoms. The first-order valence-electron chi connectivity index (χ1n) is 9.66. The van der Waals surface area contributed by atoms with E-state index in [0.717, 1.165) is 25.3 Å². The second-order valence-corrected chi connectivity index (χ2v) is 7.30. The van der Waals surface area contributed by atoms with Crippen LogP contribution in [0.1, 0.15) is 43.5 Å². The van der Waals surface area contributed by atoms with Crippen LogP contribution in [0.4, 0.5) is 14.5 Å². The summed E-state index contributed by atoms with van der Waals surface area (Å²) in [7, 11) is 0. The van der Waals surface area contributed by atoms with Crippen molar-refractivity contribution >= 4 is 17.5 Å². The first-order valence-corrected chi connectivity index (χ1v) is 9.66. The molecule has 1 heterocycles. The van der Waals surface area contributed by atoms with E-state index in [-0.39, 0.29) is 35.8 Å². The summed E-state index contributed by atoms with van der Waals surface area (Å²) >= 11 is 0. The SMILES string of the molecule is CC1CCCC(C)N1C(=O)COc1ccc(C(=O)Nc2cccc(F)c2F)cc1. The van der Waals surface area contributed by atoms with E-state index >= 15 is 0 Å². The Morgan fingerprint density at radius 3 is 2.38 bits per heavy atom. The third-order valence-electron chi connectivity index (χ3n) is 5.16. The van der Waals surface area contributed by atoms with E-state index in [1.807, 2.05) is 18.7 Å². The normalized spacial score (nSPS) is 19.0. The molecule has 3 rings (SSSR count). The molecule has 1 saturated heterocycles. The second-order valence-electron chi connectivity index (χ2n) is 7.30. The third kappa shape index (κ3) is 4.91. The van der Waals surface area contributed by atoms with Crippen molar-refractivity contribution in [2.24, 2.45) is 0 Å². The highest BCUT2D eigenvalue weighted by Gasteiger charge is 2.29. The van der Waals surface area contributed by atoms with Crippen molar-refractivity contribution in [3.63, 3.8) is 0 Å². The molecule has 2 unspecified atom stereocenters. The summed E-state index contributed by atoms with van der Waals surface area (Å²) < 4.78 is 32.5. The van der Waals surface area contributed by atoms with Crippen molar-refractivity contribution < 1.29 is 23.1 Å². The Balaban J connectivity index is 1.58. The molecule has 0 saturated carbocycles.